The van der Waals surface area contributed by atoms with Gasteiger partial charge in [-0.25, -0.2) is 4.98 Å². The van der Waals surface area contributed by atoms with Crippen LogP contribution < -0.4 is 0 Å². The number of aromatic amines is 1. The zero-order valence-corrected chi connectivity index (χ0v) is 9.80. The van der Waals surface area contributed by atoms with Crippen LogP contribution in [0.2, 0.25) is 0 Å². The van der Waals surface area contributed by atoms with E-state index in [0.717, 1.165) is 25.7 Å². The van der Waals surface area contributed by atoms with Crippen molar-refractivity contribution in [2.75, 3.05) is 13.2 Å². The lowest BCUT2D eigenvalue weighted by Gasteiger charge is -2.33. The molecule has 1 heterocycles. The number of hydrogen-bond acceptors (Lipinski definition) is 4. The highest BCUT2D eigenvalue weighted by Crippen LogP contribution is 2.23. The highest BCUT2D eigenvalue weighted by atomic mass is 16.3. The Morgan fingerprint density at radius 2 is 2.24 bits per heavy atom. The lowest BCUT2D eigenvalue weighted by molar-refractivity contribution is 0.0573. The van der Waals surface area contributed by atoms with Crippen LogP contribution in [0.3, 0.4) is 0 Å². The second-order valence-electron chi connectivity index (χ2n) is 4.35. The predicted octanol–water partition coefficient (Wildman–Crippen LogP) is 0.572. The maximum atomic E-state index is 12.2. The zero-order valence-electron chi connectivity index (χ0n) is 9.80. The molecule has 0 atom stereocenters. The molecule has 1 aromatic rings. The molecule has 1 amide bonds. The maximum absolute atomic E-state index is 12.2. The molecule has 6 heteroatoms. The molecule has 1 aliphatic carbocycles. The van der Waals surface area contributed by atoms with E-state index in [1.54, 1.807) is 4.90 Å². The summed E-state index contributed by atoms with van der Waals surface area (Å²) in [7, 11) is 0. The number of nitrogens with one attached hydrogen (secondary N) is 1. The zero-order chi connectivity index (χ0) is 12.1. The van der Waals surface area contributed by atoms with Crippen LogP contribution in [0.1, 0.15) is 42.7 Å². The monoisotopic (exact) mass is 238 g/mol. The number of aliphatic hydroxyl groups excluding tert-OH is 1. The van der Waals surface area contributed by atoms with E-state index in [-0.39, 0.29) is 24.4 Å². The van der Waals surface area contributed by atoms with Crippen LogP contribution in [-0.4, -0.2) is 50.3 Å². The van der Waals surface area contributed by atoms with Crippen molar-refractivity contribution in [1.82, 2.24) is 20.1 Å². The fourth-order valence-electron chi connectivity index (χ4n) is 2.39. The van der Waals surface area contributed by atoms with E-state index in [4.69, 9.17) is 5.11 Å². The average Bonchev–Trinajstić information content (AvgIpc) is 2.90. The van der Waals surface area contributed by atoms with Crippen LogP contribution in [0.5, 0.6) is 0 Å². The number of H-pyrrole nitrogens is 1. The third-order valence-corrected chi connectivity index (χ3v) is 3.23. The summed E-state index contributed by atoms with van der Waals surface area (Å²) in [6.07, 6.45) is 6.89. The van der Waals surface area contributed by atoms with Crippen molar-refractivity contribution in [3.05, 3.63) is 12.2 Å². The number of carbonyl (C=O) groups excluding carboxylic acids is 1. The largest absolute Gasteiger partial charge is 0.395 e. The topological polar surface area (TPSA) is 82.1 Å². The molecule has 0 spiro atoms. The third kappa shape index (κ3) is 2.82. The molecule has 0 bridgehead atoms. The number of nitrogens with zero attached hydrogens (tertiary/aromatic N) is 3. The van der Waals surface area contributed by atoms with Crippen LogP contribution in [0.4, 0.5) is 0 Å². The first-order valence-corrected chi connectivity index (χ1v) is 6.10. The van der Waals surface area contributed by atoms with Gasteiger partial charge in [-0.05, 0) is 12.8 Å². The van der Waals surface area contributed by atoms with Crippen LogP contribution in [0, 0.1) is 0 Å². The van der Waals surface area contributed by atoms with Gasteiger partial charge in [0.05, 0.1) is 6.61 Å². The van der Waals surface area contributed by atoms with Crippen molar-refractivity contribution in [2.24, 2.45) is 0 Å². The van der Waals surface area contributed by atoms with E-state index >= 15 is 0 Å². The minimum Gasteiger partial charge on any atom is -0.395 e. The van der Waals surface area contributed by atoms with Crippen LogP contribution in [0.25, 0.3) is 0 Å². The Bertz CT molecular complexity index is 346. The first kappa shape index (κ1) is 12.0. The van der Waals surface area contributed by atoms with Gasteiger partial charge >= 0.3 is 0 Å². The highest BCUT2D eigenvalue weighted by molar-refractivity contribution is 5.90. The van der Waals surface area contributed by atoms with Gasteiger partial charge in [-0.1, -0.05) is 19.3 Å². The van der Waals surface area contributed by atoms with E-state index < -0.39 is 0 Å². The van der Waals surface area contributed by atoms with Crippen molar-refractivity contribution in [1.29, 1.82) is 0 Å². The summed E-state index contributed by atoms with van der Waals surface area (Å²) in [6, 6.07) is 0.230. The highest BCUT2D eigenvalue weighted by Gasteiger charge is 2.27. The summed E-state index contributed by atoms with van der Waals surface area (Å²) >= 11 is 0. The van der Waals surface area contributed by atoms with Crippen molar-refractivity contribution in [3.63, 3.8) is 0 Å². The second-order valence-corrected chi connectivity index (χ2v) is 4.35. The quantitative estimate of drug-likeness (QED) is 0.803. The summed E-state index contributed by atoms with van der Waals surface area (Å²) in [6.45, 7) is 0.348. The van der Waals surface area contributed by atoms with Crippen molar-refractivity contribution >= 4 is 5.91 Å². The Hall–Kier alpha value is -1.43. The first-order chi connectivity index (χ1) is 8.33. The lowest BCUT2D eigenvalue weighted by Crippen LogP contribution is -2.43. The van der Waals surface area contributed by atoms with Gasteiger partial charge in [0.1, 0.15) is 6.33 Å². The van der Waals surface area contributed by atoms with E-state index in [0.29, 0.717) is 6.54 Å². The minimum atomic E-state index is -0.163. The lowest BCUT2D eigenvalue weighted by atomic mass is 9.94. The van der Waals surface area contributed by atoms with Crippen molar-refractivity contribution in [3.8, 4) is 0 Å². The molecule has 94 valence electrons. The van der Waals surface area contributed by atoms with Gasteiger partial charge in [0, 0.05) is 12.6 Å². The molecule has 0 saturated heterocycles. The molecule has 1 aliphatic rings. The van der Waals surface area contributed by atoms with Gasteiger partial charge in [-0.15, -0.1) is 0 Å². The van der Waals surface area contributed by atoms with Gasteiger partial charge in [0.2, 0.25) is 5.82 Å². The fraction of sp³-hybridized carbons (Fsp3) is 0.727. The molecule has 0 unspecified atom stereocenters. The number of rotatable bonds is 4. The number of amides is 1. The second kappa shape index (κ2) is 5.77. The average molecular weight is 238 g/mol. The third-order valence-electron chi connectivity index (χ3n) is 3.23. The van der Waals surface area contributed by atoms with Crippen molar-refractivity contribution in [2.45, 2.75) is 38.1 Å². The van der Waals surface area contributed by atoms with Gasteiger partial charge < -0.3 is 10.0 Å². The maximum Gasteiger partial charge on any atom is 0.291 e. The molecule has 1 fully saturated rings. The molecular formula is C11H18N4O2. The van der Waals surface area contributed by atoms with Gasteiger partial charge in [-0.2, -0.15) is 5.10 Å². The molecule has 1 aromatic heterocycles. The standard InChI is InChI=1S/C11H18N4O2/c16-7-6-15(9-4-2-1-3-5-9)11(17)10-12-8-13-14-10/h8-9,16H,1-7H2,(H,12,13,14). The van der Waals surface area contributed by atoms with Gasteiger partial charge in [-0.3, -0.25) is 9.89 Å². The summed E-state index contributed by atoms with van der Waals surface area (Å²) < 4.78 is 0. The Labute approximate surface area is 100 Å². The van der Waals surface area contributed by atoms with E-state index in [2.05, 4.69) is 15.2 Å². The molecule has 17 heavy (non-hydrogen) atoms. The Kier molecular flexibility index (Phi) is 4.08. The number of hydrogen-bond donors (Lipinski definition) is 2. The first-order valence-electron chi connectivity index (χ1n) is 6.10. The van der Waals surface area contributed by atoms with Crippen molar-refractivity contribution < 1.29 is 9.90 Å². The summed E-state index contributed by atoms with van der Waals surface area (Å²) in [5.41, 5.74) is 0. The molecule has 2 rings (SSSR count). The number of aromatic nitrogens is 3. The number of carbonyl (C=O) groups is 1. The molecule has 2 N–H and O–H groups in total. The van der Waals surface area contributed by atoms with Gasteiger partial charge in [0.15, 0.2) is 0 Å². The molecular weight excluding hydrogens is 220 g/mol. The van der Waals surface area contributed by atoms with Gasteiger partial charge in [0.25, 0.3) is 5.91 Å². The summed E-state index contributed by atoms with van der Waals surface area (Å²) in [5.74, 6) is 0.0903. The minimum absolute atomic E-state index is 0.0175. The van der Waals surface area contributed by atoms with Crippen LogP contribution in [-0.2, 0) is 0 Å². The van der Waals surface area contributed by atoms with E-state index in [1.165, 1.54) is 12.7 Å². The molecule has 0 radical (unpaired) electrons. The normalized spacial score (nSPS) is 17.0. The Morgan fingerprint density at radius 3 is 2.82 bits per heavy atom. The predicted molar refractivity (Wildman–Crippen MR) is 61.4 cm³/mol. The molecule has 0 aliphatic heterocycles. The van der Waals surface area contributed by atoms with E-state index in [1.807, 2.05) is 0 Å². The molecule has 0 aromatic carbocycles. The summed E-state index contributed by atoms with van der Waals surface area (Å²) in [4.78, 5) is 17.8. The SMILES string of the molecule is O=C(c1ncn[nH]1)N(CCO)C1CCCCC1. The molecule has 6 nitrogen and oxygen atoms in total. The van der Waals surface area contributed by atoms with E-state index in [9.17, 15) is 4.79 Å². The van der Waals surface area contributed by atoms with Crippen LogP contribution in [0.15, 0.2) is 6.33 Å². The fourth-order valence-corrected chi connectivity index (χ4v) is 2.39. The Morgan fingerprint density at radius 1 is 1.47 bits per heavy atom. The molecule has 1 saturated carbocycles. The number of aliphatic hydroxyl groups is 1. The smallest absolute Gasteiger partial charge is 0.291 e. The summed E-state index contributed by atoms with van der Waals surface area (Å²) in [5, 5.41) is 15.3. The van der Waals surface area contributed by atoms with Crippen LogP contribution >= 0.6 is 0 Å². The Balaban J connectivity index is 2.07.